The Morgan fingerprint density at radius 3 is 2.59 bits per heavy atom. The van der Waals surface area contributed by atoms with E-state index in [4.69, 9.17) is 0 Å². The van der Waals surface area contributed by atoms with E-state index in [0.29, 0.717) is 6.42 Å². The van der Waals surface area contributed by atoms with Gasteiger partial charge in [-0.2, -0.15) is 0 Å². The molecule has 0 aromatic rings. The second-order valence-corrected chi connectivity index (χ2v) is 4.94. The number of methoxy groups -OCH3 is 1. The van der Waals surface area contributed by atoms with E-state index >= 15 is 0 Å². The summed E-state index contributed by atoms with van der Waals surface area (Å²) in [6.07, 6.45) is 6.96. The number of hydrogen-bond acceptors (Lipinski definition) is 3. The van der Waals surface area contributed by atoms with Gasteiger partial charge in [0.2, 0.25) is 5.91 Å². The molecule has 1 amide bonds. The van der Waals surface area contributed by atoms with E-state index in [1.807, 2.05) is 6.92 Å². The van der Waals surface area contributed by atoms with E-state index in [9.17, 15) is 9.59 Å². The Bertz CT molecular complexity index is 259. The van der Waals surface area contributed by atoms with Crippen LogP contribution in [-0.2, 0) is 14.3 Å². The number of ether oxygens (including phenoxy) is 1. The Kier molecular flexibility index (Phi) is 6.01. The van der Waals surface area contributed by atoms with Gasteiger partial charge in [0.1, 0.15) is 0 Å². The number of rotatable bonds is 6. The molecule has 0 aromatic heterocycles. The summed E-state index contributed by atoms with van der Waals surface area (Å²) in [6.45, 7) is 1.82. The van der Waals surface area contributed by atoms with Gasteiger partial charge in [0, 0.05) is 12.5 Å². The molecule has 17 heavy (non-hydrogen) atoms. The van der Waals surface area contributed by atoms with Crippen LogP contribution in [0, 0.1) is 5.92 Å². The molecule has 4 nitrogen and oxygen atoms in total. The highest BCUT2D eigenvalue weighted by Gasteiger charge is 2.17. The summed E-state index contributed by atoms with van der Waals surface area (Å²) in [7, 11) is 1.36. The molecule has 0 radical (unpaired) electrons. The molecule has 1 N–H and O–H groups in total. The van der Waals surface area contributed by atoms with Crippen molar-refractivity contribution in [3.8, 4) is 0 Å². The number of carbonyl (C=O) groups is 2. The first kappa shape index (κ1) is 14.0. The lowest BCUT2D eigenvalue weighted by atomic mass is 10.0. The van der Waals surface area contributed by atoms with Gasteiger partial charge in [0.05, 0.1) is 13.5 Å². The fourth-order valence-corrected chi connectivity index (χ4v) is 2.37. The standard InChI is InChI=1S/C13H23NO3/c1-10(9-13(16)17-2)14-12(15)8-7-11-5-3-4-6-11/h10-11H,3-9H2,1-2H3,(H,14,15). The molecule has 1 saturated carbocycles. The summed E-state index contributed by atoms with van der Waals surface area (Å²) >= 11 is 0. The van der Waals surface area contributed by atoms with Crippen LogP contribution in [0.4, 0.5) is 0 Å². The second kappa shape index (κ2) is 7.30. The number of amides is 1. The topological polar surface area (TPSA) is 55.4 Å². The Hall–Kier alpha value is -1.06. The third kappa shape index (κ3) is 5.71. The van der Waals surface area contributed by atoms with Crippen molar-refractivity contribution < 1.29 is 14.3 Å². The van der Waals surface area contributed by atoms with Gasteiger partial charge in [-0.15, -0.1) is 0 Å². The van der Waals surface area contributed by atoms with Crippen LogP contribution in [0.1, 0.15) is 51.9 Å². The SMILES string of the molecule is COC(=O)CC(C)NC(=O)CCC1CCCC1. The van der Waals surface area contributed by atoms with Crippen LogP contribution >= 0.6 is 0 Å². The minimum atomic E-state index is -0.284. The molecule has 1 aliphatic rings. The fourth-order valence-electron chi connectivity index (χ4n) is 2.37. The van der Waals surface area contributed by atoms with Crippen molar-refractivity contribution in [2.75, 3.05) is 7.11 Å². The van der Waals surface area contributed by atoms with Crippen molar-refractivity contribution in [2.45, 2.75) is 57.9 Å². The molecule has 1 unspecified atom stereocenters. The van der Waals surface area contributed by atoms with Crippen LogP contribution in [0.25, 0.3) is 0 Å². The van der Waals surface area contributed by atoms with Crippen molar-refractivity contribution in [2.24, 2.45) is 5.92 Å². The van der Waals surface area contributed by atoms with Crippen LogP contribution in [0.15, 0.2) is 0 Å². The van der Waals surface area contributed by atoms with Crippen molar-refractivity contribution in [1.29, 1.82) is 0 Å². The summed E-state index contributed by atoms with van der Waals surface area (Å²) in [4.78, 5) is 22.6. The van der Waals surface area contributed by atoms with E-state index in [2.05, 4.69) is 10.1 Å². The van der Waals surface area contributed by atoms with Crippen LogP contribution in [0.5, 0.6) is 0 Å². The molecule has 0 spiro atoms. The van der Waals surface area contributed by atoms with Gasteiger partial charge in [-0.25, -0.2) is 0 Å². The maximum atomic E-state index is 11.6. The lowest BCUT2D eigenvalue weighted by Gasteiger charge is -2.13. The van der Waals surface area contributed by atoms with Gasteiger partial charge >= 0.3 is 5.97 Å². The van der Waals surface area contributed by atoms with Crippen molar-refractivity contribution in [3.05, 3.63) is 0 Å². The Balaban J connectivity index is 2.12. The van der Waals surface area contributed by atoms with Crippen LogP contribution < -0.4 is 5.32 Å². The molecule has 0 aliphatic heterocycles. The van der Waals surface area contributed by atoms with E-state index in [0.717, 1.165) is 12.3 Å². The predicted molar refractivity (Wildman–Crippen MR) is 65.4 cm³/mol. The first-order chi connectivity index (χ1) is 8.11. The van der Waals surface area contributed by atoms with Crippen molar-refractivity contribution in [3.63, 3.8) is 0 Å². The quantitative estimate of drug-likeness (QED) is 0.724. The van der Waals surface area contributed by atoms with Crippen LogP contribution in [0.2, 0.25) is 0 Å². The number of nitrogens with one attached hydrogen (secondary N) is 1. The minimum Gasteiger partial charge on any atom is -0.469 e. The van der Waals surface area contributed by atoms with Crippen molar-refractivity contribution in [1.82, 2.24) is 5.32 Å². The number of hydrogen-bond donors (Lipinski definition) is 1. The third-order valence-corrected chi connectivity index (χ3v) is 3.36. The molecule has 1 aliphatic carbocycles. The molecule has 1 atom stereocenters. The average molecular weight is 241 g/mol. The first-order valence-electron chi connectivity index (χ1n) is 6.48. The maximum absolute atomic E-state index is 11.6. The Labute approximate surface area is 103 Å². The molecule has 0 heterocycles. The van der Waals surface area contributed by atoms with Crippen LogP contribution in [0.3, 0.4) is 0 Å². The molecule has 1 fully saturated rings. The van der Waals surface area contributed by atoms with E-state index < -0.39 is 0 Å². The zero-order valence-corrected chi connectivity index (χ0v) is 10.8. The zero-order valence-electron chi connectivity index (χ0n) is 10.8. The minimum absolute atomic E-state index is 0.0494. The Morgan fingerprint density at radius 2 is 2.00 bits per heavy atom. The first-order valence-corrected chi connectivity index (χ1v) is 6.48. The summed E-state index contributed by atoms with van der Waals surface area (Å²) in [5, 5.41) is 2.83. The Morgan fingerprint density at radius 1 is 1.35 bits per heavy atom. The largest absolute Gasteiger partial charge is 0.469 e. The lowest BCUT2D eigenvalue weighted by Crippen LogP contribution is -2.34. The number of esters is 1. The molecule has 0 bridgehead atoms. The monoisotopic (exact) mass is 241 g/mol. The zero-order chi connectivity index (χ0) is 12.7. The molecule has 4 heteroatoms. The summed E-state index contributed by atoms with van der Waals surface area (Å²) in [6, 6.07) is -0.140. The van der Waals surface area contributed by atoms with Gasteiger partial charge in [-0.3, -0.25) is 9.59 Å². The van der Waals surface area contributed by atoms with E-state index in [1.54, 1.807) is 0 Å². The molecule has 98 valence electrons. The van der Waals surface area contributed by atoms with Gasteiger partial charge < -0.3 is 10.1 Å². The van der Waals surface area contributed by atoms with Crippen LogP contribution in [-0.4, -0.2) is 25.0 Å². The predicted octanol–water partition coefficient (Wildman–Crippen LogP) is 2.02. The summed E-state index contributed by atoms with van der Waals surface area (Å²) < 4.78 is 4.55. The van der Waals surface area contributed by atoms with Crippen molar-refractivity contribution >= 4 is 11.9 Å². The molecule has 0 saturated heterocycles. The molecule has 0 aromatic carbocycles. The van der Waals surface area contributed by atoms with Gasteiger partial charge in [-0.05, 0) is 19.3 Å². The fraction of sp³-hybridized carbons (Fsp3) is 0.846. The second-order valence-electron chi connectivity index (χ2n) is 4.94. The lowest BCUT2D eigenvalue weighted by molar-refractivity contribution is -0.141. The highest BCUT2D eigenvalue weighted by Crippen LogP contribution is 2.28. The molecular formula is C13H23NO3. The summed E-state index contributed by atoms with van der Waals surface area (Å²) in [5.41, 5.74) is 0. The number of carbonyl (C=O) groups excluding carboxylic acids is 2. The summed E-state index contributed by atoms with van der Waals surface area (Å²) in [5.74, 6) is 0.499. The van der Waals surface area contributed by atoms with E-state index in [-0.39, 0.29) is 24.3 Å². The van der Waals surface area contributed by atoms with Gasteiger partial charge in [0.25, 0.3) is 0 Å². The smallest absolute Gasteiger partial charge is 0.307 e. The normalized spacial score (nSPS) is 17.8. The van der Waals surface area contributed by atoms with E-state index in [1.165, 1.54) is 32.8 Å². The van der Waals surface area contributed by atoms with Gasteiger partial charge in [0.15, 0.2) is 0 Å². The highest BCUT2D eigenvalue weighted by molar-refractivity contribution is 5.77. The third-order valence-electron chi connectivity index (χ3n) is 3.36. The highest BCUT2D eigenvalue weighted by atomic mass is 16.5. The maximum Gasteiger partial charge on any atom is 0.307 e. The van der Waals surface area contributed by atoms with Gasteiger partial charge in [-0.1, -0.05) is 25.7 Å². The molecular weight excluding hydrogens is 218 g/mol. The molecule has 1 rings (SSSR count). The average Bonchev–Trinajstić information content (AvgIpc) is 2.78.